The number of nitriles is 1. The van der Waals surface area contributed by atoms with Crippen molar-refractivity contribution in [2.24, 2.45) is 0 Å². The fraction of sp³-hybridized carbons (Fsp3) is 0.278. The Morgan fingerprint density at radius 2 is 1.76 bits per heavy atom. The molecule has 2 aromatic carbocycles. The molecule has 0 N–H and O–H groups in total. The van der Waals surface area contributed by atoms with Gasteiger partial charge in [0.1, 0.15) is 5.75 Å². The predicted molar refractivity (Wildman–Crippen MR) is 83.9 cm³/mol. The minimum absolute atomic E-state index is 0.110. The van der Waals surface area contributed by atoms with Gasteiger partial charge in [-0.05, 0) is 30.3 Å². The third-order valence-corrected chi connectivity index (χ3v) is 3.59. The fourth-order valence-corrected chi connectivity index (χ4v) is 2.42. The average molecular weight is 280 g/mol. The maximum Gasteiger partial charge on any atom is 0.118 e. The number of ether oxygens (including phenoxy) is 1. The molecular weight excluding hydrogens is 260 g/mol. The van der Waals surface area contributed by atoms with Gasteiger partial charge in [0.25, 0.3) is 0 Å². The lowest BCUT2D eigenvalue weighted by Gasteiger charge is -2.26. The molecule has 0 aliphatic heterocycles. The van der Waals surface area contributed by atoms with Crippen LogP contribution < -0.4 is 4.74 Å². The highest BCUT2D eigenvalue weighted by atomic mass is 16.5. The zero-order chi connectivity index (χ0) is 15.1. The zero-order valence-corrected chi connectivity index (χ0v) is 12.5. The summed E-state index contributed by atoms with van der Waals surface area (Å²) < 4.78 is 5.17. The summed E-state index contributed by atoms with van der Waals surface area (Å²) in [5.41, 5.74) is 2.38. The molecule has 0 spiro atoms. The van der Waals surface area contributed by atoms with Gasteiger partial charge in [-0.3, -0.25) is 4.90 Å². The largest absolute Gasteiger partial charge is 0.497 e. The minimum atomic E-state index is 0.110. The van der Waals surface area contributed by atoms with Crippen LogP contribution in [0.3, 0.4) is 0 Å². The van der Waals surface area contributed by atoms with Crippen LogP contribution in [0.25, 0.3) is 0 Å². The molecule has 0 aliphatic rings. The van der Waals surface area contributed by atoms with Crippen LogP contribution in [0, 0.1) is 11.3 Å². The highest BCUT2D eigenvalue weighted by Gasteiger charge is 2.16. The first kappa shape index (κ1) is 15.1. The minimum Gasteiger partial charge on any atom is -0.497 e. The number of rotatable bonds is 6. The Labute approximate surface area is 126 Å². The van der Waals surface area contributed by atoms with Crippen molar-refractivity contribution in [3.8, 4) is 11.8 Å². The van der Waals surface area contributed by atoms with E-state index in [2.05, 4.69) is 42.3 Å². The number of benzene rings is 2. The molecule has 1 atom stereocenters. The summed E-state index contributed by atoms with van der Waals surface area (Å²) in [6.45, 7) is 0.797. The van der Waals surface area contributed by atoms with Gasteiger partial charge in [0.05, 0.1) is 19.6 Å². The second-order valence-electron chi connectivity index (χ2n) is 5.05. The molecule has 0 fully saturated rings. The number of nitrogens with zero attached hydrogens (tertiary/aromatic N) is 2. The van der Waals surface area contributed by atoms with Crippen molar-refractivity contribution in [2.75, 3.05) is 14.2 Å². The van der Waals surface area contributed by atoms with Gasteiger partial charge in [-0.15, -0.1) is 0 Å². The van der Waals surface area contributed by atoms with Crippen LogP contribution in [-0.4, -0.2) is 19.1 Å². The lowest BCUT2D eigenvalue weighted by atomic mass is 10.0. The summed E-state index contributed by atoms with van der Waals surface area (Å²) in [6.07, 6.45) is 0.483. The molecule has 2 rings (SSSR count). The first-order valence-corrected chi connectivity index (χ1v) is 6.99. The van der Waals surface area contributed by atoms with Crippen LogP contribution in [0.1, 0.15) is 23.6 Å². The van der Waals surface area contributed by atoms with Crippen molar-refractivity contribution in [2.45, 2.75) is 19.0 Å². The summed E-state index contributed by atoms with van der Waals surface area (Å²) in [7, 11) is 3.72. The Hall–Kier alpha value is -2.31. The fourth-order valence-electron chi connectivity index (χ4n) is 2.42. The second-order valence-corrected chi connectivity index (χ2v) is 5.05. The smallest absolute Gasteiger partial charge is 0.118 e. The highest BCUT2D eigenvalue weighted by Crippen LogP contribution is 2.24. The van der Waals surface area contributed by atoms with Crippen LogP contribution in [0.4, 0.5) is 0 Å². The third kappa shape index (κ3) is 4.08. The quantitative estimate of drug-likeness (QED) is 0.808. The first-order valence-electron chi connectivity index (χ1n) is 6.99. The lowest BCUT2D eigenvalue weighted by Crippen LogP contribution is -2.24. The molecular formula is C18H20N2O. The first-order chi connectivity index (χ1) is 10.2. The van der Waals surface area contributed by atoms with Crippen molar-refractivity contribution in [3.05, 3.63) is 65.7 Å². The van der Waals surface area contributed by atoms with E-state index in [4.69, 9.17) is 10.00 Å². The molecule has 3 heteroatoms. The van der Waals surface area contributed by atoms with Gasteiger partial charge in [0.2, 0.25) is 0 Å². The van der Waals surface area contributed by atoms with E-state index < -0.39 is 0 Å². The van der Waals surface area contributed by atoms with Crippen LogP contribution >= 0.6 is 0 Å². The van der Waals surface area contributed by atoms with Gasteiger partial charge in [-0.1, -0.05) is 42.5 Å². The maximum atomic E-state index is 9.09. The molecule has 1 unspecified atom stereocenters. The number of methoxy groups -OCH3 is 1. The monoisotopic (exact) mass is 280 g/mol. The highest BCUT2D eigenvalue weighted by molar-refractivity contribution is 5.27. The van der Waals surface area contributed by atoms with Gasteiger partial charge in [0, 0.05) is 12.6 Å². The standard InChI is InChI=1S/C18H20N2O/c1-20(14-15-8-10-17(21-2)11-9-15)18(12-13-19)16-6-4-3-5-7-16/h3-11,18H,12,14H2,1-2H3. The van der Waals surface area contributed by atoms with Crippen LogP contribution in [0.5, 0.6) is 5.75 Å². The molecule has 0 saturated carbocycles. The van der Waals surface area contributed by atoms with E-state index in [1.807, 2.05) is 30.3 Å². The van der Waals surface area contributed by atoms with Crippen LogP contribution in [0.2, 0.25) is 0 Å². The normalized spacial score (nSPS) is 11.9. The van der Waals surface area contributed by atoms with Gasteiger partial charge >= 0.3 is 0 Å². The Kier molecular flexibility index (Phi) is 5.36. The van der Waals surface area contributed by atoms with Crippen molar-refractivity contribution >= 4 is 0 Å². The van der Waals surface area contributed by atoms with Crippen molar-refractivity contribution in [1.29, 1.82) is 5.26 Å². The van der Waals surface area contributed by atoms with Gasteiger partial charge in [0.15, 0.2) is 0 Å². The Bertz CT molecular complexity index is 587. The average Bonchev–Trinajstić information content (AvgIpc) is 2.54. The molecule has 3 nitrogen and oxygen atoms in total. The van der Waals surface area contributed by atoms with E-state index in [1.165, 1.54) is 11.1 Å². The molecule has 108 valence electrons. The Balaban J connectivity index is 2.11. The van der Waals surface area contributed by atoms with E-state index >= 15 is 0 Å². The van der Waals surface area contributed by atoms with Crippen LogP contribution in [0.15, 0.2) is 54.6 Å². The molecule has 0 radical (unpaired) electrons. The van der Waals surface area contributed by atoms with Gasteiger partial charge in [-0.25, -0.2) is 0 Å². The maximum absolute atomic E-state index is 9.09. The molecule has 0 aromatic heterocycles. The summed E-state index contributed by atoms with van der Waals surface area (Å²) in [6, 6.07) is 20.6. The molecule has 2 aromatic rings. The molecule has 0 aliphatic carbocycles. The van der Waals surface area contributed by atoms with E-state index in [9.17, 15) is 0 Å². The molecule has 0 heterocycles. The topological polar surface area (TPSA) is 36.3 Å². The predicted octanol–water partition coefficient (Wildman–Crippen LogP) is 3.78. The second kappa shape index (κ2) is 7.47. The number of hydrogen-bond acceptors (Lipinski definition) is 3. The Morgan fingerprint density at radius 3 is 2.33 bits per heavy atom. The summed E-state index contributed by atoms with van der Waals surface area (Å²) in [4.78, 5) is 2.21. The molecule has 0 bridgehead atoms. The van der Waals surface area contributed by atoms with Gasteiger partial charge < -0.3 is 4.74 Å². The van der Waals surface area contributed by atoms with E-state index in [0.717, 1.165) is 12.3 Å². The summed E-state index contributed by atoms with van der Waals surface area (Å²) in [5.74, 6) is 0.859. The summed E-state index contributed by atoms with van der Waals surface area (Å²) in [5, 5.41) is 9.09. The SMILES string of the molecule is COc1ccc(CN(C)C(CC#N)c2ccccc2)cc1. The van der Waals surface area contributed by atoms with Crippen molar-refractivity contribution in [3.63, 3.8) is 0 Å². The van der Waals surface area contributed by atoms with Crippen molar-refractivity contribution < 1.29 is 4.74 Å². The number of hydrogen-bond donors (Lipinski definition) is 0. The van der Waals surface area contributed by atoms with E-state index in [0.29, 0.717) is 6.42 Å². The summed E-state index contributed by atoms with van der Waals surface area (Å²) >= 11 is 0. The third-order valence-electron chi connectivity index (χ3n) is 3.59. The van der Waals surface area contributed by atoms with Gasteiger partial charge in [-0.2, -0.15) is 5.26 Å². The lowest BCUT2D eigenvalue weighted by molar-refractivity contribution is 0.239. The van der Waals surface area contributed by atoms with Crippen LogP contribution in [-0.2, 0) is 6.54 Å². The zero-order valence-electron chi connectivity index (χ0n) is 12.5. The van der Waals surface area contributed by atoms with E-state index in [1.54, 1.807) is 7.11 Å². The molecule has 0 amide bonds. The van der Waals surface area contributed by atoms with E-state index in [-0.39, 0.29) is 6.04 Å². The Morgan fingerprint density at radius 1 is 1.10 bits per heavy atom. The van der Waals surface area contributed by atoms with Crippen molar-refractivity contribution in [1.82, 2.24) is 4.90 Å². The molecule has 0 saturated heterocycles. The molecule has 21 heavy (non-hydrogen) atoms.